The van der Waals surface area contributed by atoms with Gasteiger partial charge >= 0.3 is 0 Å². The number of likely N-dealkylation sites (N-methyl/N-ethyl adjacent to an activating group) is 1. The molecule has 1 aliphatic heterocycles. The van der Waals surface area contributed by atoms with Crippen LogP contribution in [-0.4, -0.2) is 58.1 Å². The third-order valence-corrected chi connectivity index (χ3v) is 7.02. The van der Waals surface area contributed by atoms with Gasteiger partial charge in [0.05, 0.1) is 33.9 Å². The van der Waals surface area contributed by atoms with Crippen molar-refractivity contribution in [1.82, 2.24) is 0 Å². The first kappa shape index (κ1) is 29.1. The van der Waals surface area contributed by atoms with E-state index in [1.807, 2.05) is 21.1 Å². The molecule has 186 valence electrons. The SMILES string of the molecule is CCCCCCCCCCCCCCC1COC(COP(=O)([O-])OCC[N+](C)(C)C)C1. The van der Waals surface area contributed by atoms with Crippen LogP contribution in [0.4, 0.5) is 0 Å². The highest BCUT2D eigenvalue weighted by molar-refractivity contribution is 7.45. The molecule has 0 N–H and O–H groups in total. The summed E-state index contributed by atoms with van der Waals surface area (Å²) in [6.07, 6.45) is 18.3. The highest BCUT2D eigenvalue weighted by Gasteiger charge is 2.26. The second-order valence-electron chi connectivity index (χ2n) is 10.3. The second kappa shape index (κ2) is 16.6. The summed E-state index contributed by atoms with van der Waals surface area (Å²) in [5.41, 5.74) is 0. The van der Waals surface area contributed by atoms with Crippen molar-refractivity contribution in [2.75, 3.05) is 47.5 Å². The van der Waals surface area contributed by atoms with Gasteiger partial charge < -0.3 is 23.2 Å². The predicted molar refractivity (Wildman–Crippen MR) is 126 cm³/mol. The first-order valence-electron chi connectivity index (χ1n) is 12.7. The zero-order valence-corrected chi connectivity index (χ0v) is 21.7. The first-order chi connectivity index (χ1) is 14.7. The zero-order valence-electron chi connectivity index (χ0n) is 20.8. The molecule has 1 fully saturated rings. The molecule has 0 radical (unpaired) electrons. The van der Waals surface area contributed by atoms with Gasteiger partial charge in [-0.25, -0.2) is 0 Å². The number of unbranched alkanes of at least 4 members (excludes halogenated alkanes) is 11. The highest BCUT2D eigenvalue weighted by atomic mass is 31.2. The zero-order chi connectivity index (χ0) is 23.0. The van der Waals surface area contributed by atoms with E-state index < -0.39 is 7.82 Å². The summed E-state index contributed by atoms with van der Waals surface area (Å²) >= 11 is 0. The van der Waals surface area contributed by atoms with Crippen LogP contribution in [0.15, 0.2) is 0 Å². The van der Waals surface area contributed by atoms with E-state index in [4.69, 9.17) is 13.8 Å². The van der Waals surface area contributed by atoms with Crippen molar-refractivity contribution in [1.29, 1.82) is 0 Å². The molecule has 0 spiro atoms. The number of rotatable bonds is 20. The van der Waals surface area contributed by atoms with Crippen LogP contribution in [0, 0.1) is 5.92 Å². The van der Waals surface area contributed by atoms with E-state index in [2.05, 4.69) is 6.92 Å². The first-order valence-corrected chi connectivity index (χ1v) is 14.2. The maximum atomic E-state index is 11.9. The van der Waals surface area contributed by atoms with Crippen LogP contribution in [0.1, 0.15) is 96.8 Å². The highest BCUT2D eigenvalue weighted by Crippen LogP contribution is 2.39. The average molecular weight is 464 g/mol. The van der Waals surface area contributed by atoms with Gasteiger partial charge in [0.1, 0.15) is 13.2 Å². The van der Waals surface area contributed by atoms with Gasteiger partial charge in [-0.2, -0.15) is 0 Å². The van der Waals surface area contributed by atoms with Gasteiger partial charge in [-0.3, -0.25) is 4.57 Å². The van der Waals surface area contributed by atoms with Gasteiger partial charge in [-0.1, -0.05) is 84.0 Å². The Morgan fingerprint density at radius 2 is 1.45 bits per heavy atom. The predicted octanol–water partition coefficient (Wildman–Crippen LogP) is 5.69. The lowest BCUT2D eigenvalue weighted by molar-refractivity contribution is -0.870. The van der Waals surface area contributed by atoms with E-state index in [1.165, 1.54) is 83.5 Å². The molecule has 7 heteroatoms. The Morgan fingerprint density at radius 3 is 2.00 bits per heavy atom. The molecule has 1 aliphatic rings. The Hall–Kier alpha value is 0.0300. The molecule has 0 aromatic heterocycles. The average Bonchev–Trinajstić information content (AvgIpc) is 3.14. The molecule has 6 nitrogen and oxygen atoms in total. The minimum Gasteiger partial charge on any atom is -0.756 e. The van der Waals surface area contributed by atoms with Crippen molar-refractivity contribution < 1.29 is 27.7 Å². The van der Waals surface area contributed by atoms with Gasteiger partial charge in [0.2, 0.25) is 0 Å². The number of phosphoric ester groups is 1. The van der Waals surface area contributed by atoms with Crippen LogP contribution in [0.3, 0.4) is 0 Å². The molecule has 3 atom stereocenters. The van der Waals surface area contributed by atoms with Crippen molar-refractivity contribution >= 4 is 7.82 Å². The lowest BCUT2D eigenvalue weighted by Crippen LogP contribution is -2.37. The number of hydrogen-bond donors (Lipinski definition) is 0. The Morgan fingerprint density at radius 1 is 0.903 bits per heavy atom. The van der Waals surface area contributed by atoms with E-state index >= 15 is 0 Å². The van der Waals surface area contributed by atoms with Crippen LogP contribution >= 0.6 is 7.82 Å². The fraction of sp³-hybridized carbons (Fsp3) is 1.00. The van der Waals surface area contributed by atoms with Crippen LogP contribution in [-0.2, 0) is 18.3 Å². The third-order valence-electron chi connectivity index (χ3n) is 6.06. The minimum absolute atomic E-state index is 0.0695. The van der Waals surface area contributed by atoms with Gasteiger partial charge in [-0.05, 0) is 18.8 Å². The normalized spacial score (nSPS) is 21.5. The standard InChI is InChI=1S/C24H50NO5P/c1-5-6-7-8-9-10-11-12-13-14-15-16-17-23-20-24(28-21-23)22-30-31(26,27)29-19-18-25(2,3)4/h23-24H,5-22H2,1-4H3. The summed E-state index contributed by atoms with van der Waals surface area (Å²) < 4.78 is 28.2. The van der Waals surface area contributed by atoms with Crippen LogP contribution in [0.5, 0.6) is 0 Å². The summed E-state index contributed by atoms with van der Waals surface area (Å²) in [5.74, 6) is 0.530. The molecule has 0 bridgehead atoms. The lowest BCUT2D eigenvalue weighted by Gasteiger charge is -2.27. The summed E-state index contributed by atoms with van der Waals surface area (Å²) in [4.78, 5) is 11.9. The lowest BCUT2D eigenvalue weighted by atomic mass is 9.97. The van der Waals surface area contributed by atoms with Crippen molar-refractivity contribution in [3.63, 3.8) is 0 Å². The van der Waals surface area contributed by atoms with Gasteiger partial charge in [0.25, 0.3) is 7.82 Å². The van der Waals surface area contributed by atoms with Gasteiger partial charge in [-0.15, -0.1) is 0 Å². The summed E-state index contributed by atoms with van der Waals surface area (Å²) in [5, 5.41) is 0. The van der Waals surface area contributed by atoms with Gasteiger partial charge in [0, 0.05) is 6.61 Å². The molecule has 0 saturated carbocycles. The summed E-state index contributed by atoms with van der Waals surface area (Å²) in [6, 6.07) is 0. The summed E-state index contributed by atoms with van der Waals surface area (Å²) in [6.45, 7) is 3.80. The number of nitrogens with zero attached hydrogens (tertiary/aromatic N) is 1. The van der Waals surface area contributed by atoms with Crippen molar-refractivity contribution in [3.8, 4) is 0 Å². The molecule has 31 heavy (non-hydrogen) atoms. The number of hydrogen-bond acceptors (Lipinski definition) is 5. The van der Waals surface area contributed by atoms with Crippen LogP contribution in [0.2, 0.25) is 0 Å². The van der Waals surface area contributed by atoms with Crippen molar-refractivity contribution in [2.24, 2.45) is 5.92 Å². The van der Waals surface area contributed by atoms with Gasteiger partial charge in [0.15, 0.2) is 0 Å². The largest absolute Gasteiger partial charge is 0.756 e. The smallest absolute Gasteiger partial charge is 0.268 e. The van der Waals surface area contributed by atoms with E-state index in [-0.39, 0.29) is 19.3 Å². The third kappa shape index (κ3) is 17.2. The topological polar surface area (TPSA) is 67.8 Å². The maximum absolute atomic E-state index is 11.9. The van der Waals surface area contributed by atoms with Crippen LogP contribution < -0.4 is 4.89 Å². The van der Waals surface area contributed by atoms with Crippen LogP contribution in [0.25, 0.3) is 0 Å². The number of ether oxygens (including phenoxy) is 1. The van der Waals surface area contributed by atoms with E-state index in [9.17, 15) is 9.46 Å². The Bertz CT molecular complexity index is 483. The summed E-state index contributed by atoms with van der Waals surface area (Å²) in [7, 11) is 1.73. The fourth-order valence-electron chi connectivity index (χ4n) is 4.01. The number of phosphoric acid groups is 1. The maximum Gasteiger partial charge on any atom is 0.268 e. The Balaban J connectivity index is 1.96. The monoisotopic (exact) mass is 463 g/mol. The molecule has 0 aromatic rings. The molecule has 1 heterocycles. The molecular weight excluding hydrogens is 413 g/mol. The van der Waals surface area contributed by atoms with Crippen molar-refractivity contribution in [2.45, 2.75) is 103 Å². The Kier molecular flexibility index (Phi) is 15.6. The van der Waals surface area contributed by atoms with E-state index in [0.29, 0.717) is 16.9 Å². The quantitative estimate of drug-likeness (QED) is 0.132. The molecule has 0 aliphatic carbocycles. The number of quaternary nitrogens is 1. The van der Waals surface area contributed by atoms with E-state index in [0.717, 1.165) is 13.0 Å². The molecule has 0 aromatic carbocycles. The molecule has 0 amide bonds. The molecule has 3 unspecified atom stereocenters. The van der Waals surface area contributed by atoms with E-state index in [1.54, 1.807) is 0 Å². The minimum atomic E-state index is -4.24. The fourth-order valence-corrected chi connectivity index (χ4v) is 4.74. The molecular formula is C24H50NO5P. The molecule has 1 saturated heterocycles. The van der Waals surface area contributed by atoms with Crippen molar-refractivity contribution in [3.05, 3.63) is 0 Å². The second-order valence-corrected chi connectivity index (χ2v) is 11.7. The molecule has 1 rings (SSSR count). The Labute approximate surface area is 192 Å².